The third-order valence-electron chi connectivity index (χ3n) is 4.29. The van der Waals surface area contributed by atoms with Gasteiger partial charge in [-0.25, -0.2) is 0 Å². The summed E-state index contributed by atoms with van der Waals surface area (Å²) < 4.78 is 10.5. The van der Waals surface area contributed by atoms with E-state index in [-0.39, 0.29) is 17.7 Å². The van der Waals surface area contributed by atoms with Crippen LogP contribution in [-0.2, 0) is 16.1 Å². The molecule has 0 radical (unpaired) electrons. The summed E-state index contributed by atoms with van der Waals surface area (Å²) >= 11 is 0. The predicted molar refractivity (Wildman–Crippen MR) is 86.4 cm³/mol. The molecule has 1 aromatic rings. The number of methoxy groups -OCH3 is 2. The molecule has 23 heavy (non-hydrogen) atoms. The zero-order valence-corrected chi connectivity index (χ0v) is 14.2. The van der Waals surface area contributed by atoms with E-state index in [1.807, 2.05) is 12.1 Å². The Kier molecular flexibility index (Phi) is 5.47. The van der Waals surface area contributed by atoms with Gasteiger partial charge in [-0.15, -0.1) is 0 Å². The van der Waals surface area contributed by atoms with E-state index in [1.54, 1.807) is 44.2 Å². The normalized spacial score (nSPS) is 17.8. The smallest absolute Gasteiger partial charge is 0.226 e. The van der Waals surface area contributed by atoms with Crippen molar-refractivity contribution in [1.29, 1.82) is 0 Å². The van der Waals surface area contributed by atoms with E-state index in [0.29, 0.717) is 37.4 Å². The van der Waals surface area contributed by atoms with Crippen molar-refractivity contribution in [2.45, 2.75) is 19.4 Å². The number of carbonyl (C=O) groups excluding carboxylic acids is 2. The molecule has 1 unspecified atom stereocenters. The molecule has 1 aliphatic heterocycles. The molecule has 1 heterocycles. The van der Waals surface area contributed by atoms with Crippen molar-refractivity contribution < 1.29 is 19.1 Å². The molecule has 2 rings (SSSR count). The molecule has 1 saturated heterocycles. The molecule has 126 valence electrons. The van der Waals surface area contributed by atoms with Crippen LogP contribution in [-0.4, -0.2) is 56.5 Å². The zero-order chi connectivity index (χ0) is 17.0. The molecule has 6 nitrogen and oxygen atoms in total. The fourth-order valence-corrected chi connectivity index (χ4v) is 2.78. The van der Waals surface area contributed by atoms with Crippen LogP contribution in [0.1, 0.15) is 18.4 Å². The Balaban J connectivity index is 2.05. The van der Waals surface area contributed by atoms with Crippen LogP contribution < -0.4 is 9.47 Å². The van der Waals surface area contributed by atoms with Gasteiger partial charge in [0, 0.05) is 51.2 Å². The number of hydrogen-bond acceptors (Lipinski definition) is 4. The lowest BCUT2D eigenvalue weighted by atomic mass is 9.95. The number of rotatable bonds is 5. The van der Waals surface area contributed by atoms with Gasteiger partial charge in [0.15, 0.2) is 0 Å². The highest BCUT2D eigenvalue weighted by molar-refractivity contribution is 5.86. The van der Waals surface area contributed by atoms with Crippen LogP contribution in [0, 0.1) is 5.92 Å². The van der Waals surface area contributed by atoms with Crippen molar-refractivity contribution in [3.8, 4) is 11.5 Å². The lowest BCUT2D eigenvalue weighted by Gasteiger charge is -2.30. The summed E-state index contributed by atoms with van der Waals surface area (Å²) in [6, 6.07) is 5.53. The highest BCUT2D eigenvalue weighted by Gasteiger charge is 2.30. The molecule has 0 bridgehead atoms. The molecule has 0 saturated carbocycles. The predicted octanol–water partition coefficient (Wildman–Crippen LogP) is 1.53. The second-order valence-corrected chi connectivity index (χ2v) is 5.88. The number of likely N-dealkylation sites (tertiary alicyclic amines) is 1. The van der Waals surface area contributed by atoms with Crippen LogP contribution in [0.2, 0.25) is 0 Å². The summed E-state index contributed by atoms with van der Waals surface area (Å²) in [6.45, 7) is 1.07. The van der Waals surface area contributed by atoms with Crippen molar-refractivity contribution in [3.05, 3.63) is 23.8 Å². The fraction of sp³-hybridized carbons (Fsp3) is 0.529. The lowest BCUT2D eigenvalue weighted by molar-refractivity contribution is -0.143. The van der Waals surface area contributed by atoms with E-state index in [9.17, 15) is 9.59 Å². The molecular formula is C17H24N2O4. The monoisotopic (exact) mass is 320 g/mol. The molecule has 2 amide bonds. The topological polar surface area (TPSA) is 59.1 Å². The fourth-order valence-electron chi connectivity index (χ4n) is 2.78. The second-order valence-electron chi connectivity index (χ2n) is 5.88. The van der Waals surface area contributed by atoms with E-state index in [4.69, 9.17) is 9.47 Å². The average molecular weight is 320 g/mol. The highest BCUT2D eigenvalue weighted by atomic mass is 16.5. The first-order valence-electron chi connectivity index (χ1n) is 7.66. The van der Waals surface area contributed by atoms with Crippen LogP contribution in [0.3, 0.4) is 0 Å². The number of nitrogens with zero attached hydrogens (tertiary/aromatic N) is 2. The van der Waals surface area contributed by atoms with Crippen LogP contribution in [0.5, 0.6) is 11.5 Å². The van der Waals surface area contributed by atoms with E-state index < -0.39 is 0 Å². The van der Waals surface area contributed by atoms with Crippen molar-refractivity contribution in [1.82, 2.24) is 9.80 Å². The van der Waals surface area contributed by atoms with Gasteiger partial charge in [-0.1, -0.05) is 0 Å². The number of carbonyl (C=O) groups is 2. The Morgan fingerprint density at radius 2 is 2.09 bits per heavy atom. The molecule has 0 aromatic heterocycles. The van der Waals surface area contributed by atoms with Crippen LogP contribution in [0.4, 0.5) is 0 Å². The third kappa shape index (κ3) is 3.94. The van der Waals surface area contributed by atoms with Gasteiger partial charge < -0.3 is 19.3 Å². The van der Waals surface area contributed by atoms with Crippen LogP contribution in [0.15, 0.2) is 18.2 Å². The Bertz CT molecular complexity index is 588. The van der Waals surface area contributed by atoms with Gasteiger partial charge in [0.2, 0.25) is 11.8 Å². The Labute approximate surface area is 137 Å². The number of ether oxygens (including phenoxy) is 2. The van der Waals surface area contributed by atoms with Crippen molar-refractivity contribution in [2.75, 3.05) is 34.9 Å². The molecule has 0 N–H and O–H groups in total. The maximum Gasteiger partial charge on any atom is 0.226 e. The first-order chi connectivity index (χ1) is 11.0. The van der Waals surface area contributed by atoms with E-state index in [2.05, 4.69) is 0 Å². The first kappa shape index (κ1) is 17.1. The molecule has 1 aliphatic rings. The Morgan fingerprint density at radius 3 is 2.70 bits per heavy atom. The lowest BCUT2D eigenvalue weighted by Crippen LogP contribution is -2.42. The number of hydrogen-bond donors (Lipinski definition) is 0. The summed E-state index contributed by atoms with van der Waals surface area (Å²) in [5.41, 5.74) is 0.906. The van der Waals surface area contributed by atoms with E-state index in [0.717, 1.165) is 5.56 Å². The quantitative estimate of drug-likeness (QED) is 0.825. The van der Waals surface area contributed by atoms with Crippen molar-refractivity contribution >= 4 is 11.8 Å². The molecule has 1 atom stereocenters. The molecule has 0 spiro atoms. The summed E-state index contributed by atoms with van der Waals surface area (Å²) in [7, 11) is 6.72. The summed E-state index contributed by atoms with van der Waals surface area (Å²) in [4.78, 5) is 27.7. The zero-order valence-electron chi connectivity index (χ0n) is 14.2. The van der Waals surface area contributed by atoms with E-state index >= 15 is 0 Å². The number of amides is 2. The minimum atomic E-state index is -0.229. The van der Waals surface area contributed by atoms with Crippen LogP contribution in [0.25, 0.3) is 0 Å². The van der Waals surface area contributed by atoms with Crippen molar-refractivity contribution in [2.24, 2.45) is 5.92 Å². The summed E-state index contributed by atoms with van der Waals surface area (Å²) in [6.07, 6.45) is 1.00. The Morgan fingerprint density at radius 1 is 1.35 bits per heavy atom. The van der Waals surface area contributed by atoms with Crippen molar-refractivity contribution in [3.63, 3.8) is 0 Å². The summed E-state index contributed by atoms with van der Waals surface area (Å²) in [5, 5.41) is 0. The first-order valence-corrected chi connectivity index (χ1v) is 7.66. The molecule has 1 fully saturated rings. The van der Waals surface area contributed by atoms with Gasteiger partial charge >= 0.3 is 0 Å². The summed E-state index contributed by atoms with van der Waals surface area (Å²) in [5.74, 6) is 1.20. The molecular weight excluding hydrogens is 296 g/mol. The standard InChI is InChI=1S/C17H24N2O4/c1-18-8-7-12(9-16(18)20)17(21)19(2)11-13-5-6-14(22-3)10-15(13)23-4/h5-6,10,12H,7-9,11H2,1-4H3. The highest BCUT2D eigenvalue weighted by Crippen LogP contribution is 2.26. The van der Waals surface area contributed by atoms with Gasteiger partial charge in [-0.2, -0.15) is 0 Å². The van der Waals surface area contributed by atoms with Gasteiger partial charge in [-0.05, 0) is 18.6 Å². The maximum atomic E-state index is 12.6. The van der Waals surface area contributed by atoms with Crippen LogP contribution >= 0.6 is 0 Å². The SMILES string of the molecule is COc1ccc(CN(C)C(=O)C2CCN(C)C(=O)C2)c(OC)c1. The third-order valence-corrected chi connectivity index (χ3v) is 4.29. The van der Waals surface area contributed by atoms with Gasteiger partial charge in [0.25, 0.3) is 0 Å². The van der Waals surface area contributed by atoms with E-state index in [1.165, 1.54) is 0 Å². The average Bonchev–Trinajstić information content (AvgIpc) is 2.56. The van der Waals surface area contributed by atoms with Gasteiger partial charge in [-0.3, -0.25) is 9.59 Å². The molecule has 6 heteroatoms. The van der Waals surface area contributed by atoms with Gasteiger partial charge in [0.05, 0.1) is 14.2 Å². The Hall–Kier alpha value is -2.24. The molecule has 1 aromatic carbocycles. The maximum absolute atomic E-state index is 12.6. The number of benzene rings is 1. The number of piperidine rings is 1. The largest absolute Gasteiger partial charge is 0.497 e. The van der Waals surface area contributed by atoms with Gasteiger partial charge in [0.1, 0.15) is 11.5 Å². The molecule has 0 aliphatic carbocycles. The minimum absolute atomic E-state index is 0.00400. The second kappa shape index (κ2) is 7.35. The minimum Gasteiger partial charge on any atom is -0.497 e.